The zero-order valence-electron chi connectivity index (χ0n) is 14.4. The summed E-state index contributed by atoms with van der Waals surface area (Å²) in [5.74, 6) is -2.11. The lowest BCUT2D eigenvalue weighted by atomic mass is 10.2. The smallest absolute Gasteiger partial charge is 0.284 e. The van der Waals surface area contributed by atoms with E-state index in [0.29, 0.717) is 18.7 Å². The van der Waals surface area contributed by atoms with E-state index in [1.165, 1.54) is 12.7 Å². The zero-order chi connectivity index (χ0) is 18.8. The number of aliphatic hydroxyl groups is 1. The molecule has 10 heteroatoms. The number of anilines is 1. The fourth-order valence-electron chi connectivity index (χ4n) is 2.69. The van der Waals surface area contributed by atoms with E-state index in [9.17, 15) is 14.3 Å². The number of carbonyl (C=O) groups is 1. The van der Waals surface area contributed by atoms with Crippen LogP contribution >= 0.6 is 0 Å². The van der Waals surface area contributed by atoms with Gasteiger partial charge in [0.05, 0.1) is 25.1 Å². The van der Waals surface area contributed by atoms with Crippen molar-refractivity contribution >= 4 is 22.9 Å². The number of hydrogen-bond acceptors (Lipinski definition) is 7. The molecular weight excluding hydrogens is 345 g/mol. The third-order valence-electron chi connectivity index (χ3n) is 3.89. The van der Waals surface area contributed by atoms with E-state index in [1.54, 1.807) is 4.57 Å². The molecule has 0 saturated carbocycles. The molecule has 0 unspecified atom stereocenters. The number of aromatic nitrogens is 4. The number of carbonyl (C=O) groups excluding carboxylic acids is 1. The second-order valence-electron chi connectivity index (χ2n) is 6.24. The molecule has 2 N–H and O–H groups in total. The van der Waals surface area contributed by atoms with E-state index in [4.69, 9.17) is 9.47 Å². The first kappa shape index (κ1) is 18.4. The van der Waals surface area contributed by atoms with Crippen LogP contribution in [0.15, 0.2) is 25.1 Å². The maximum Gasteiger partial charge on any atom is 0.284 e. The Hall–Kier alpha value is -2.43. The van der Waals surface area contributed by atoms with E-state index < -0.39 is 24.1 Å². The summed E-state index contributed by atoms with van der Waals surface area (Å²) in [6.45, 7) is 7.15. The minimum absolute atomic E-state index is 0.0460. The van der Waals surface area contributed by atoms with Crippen LogP contribution in [-0.2, 0) is 14.3 Å². The fraction of sp³-hybridized carbons (Fsp3) is 0.500. The molecule has 140 valence electrons. The first-order chi connectivity index (χ1) is 12.4. The molecule has 2 aromatic rings. The van der Waals surface area contributed by atoms with Crippen molar-refractivity contribution in [3.63, 3.8) is 0 Å². The molecule has 3 atom stereocenters. The van der Waals surface area contributed by atoms with Gasteiger partial charge in [-0.3, -0.25) is 9.36 Å². The van der Waals surface area contributed by atoms with Gasteiger partial charge in [-0.05, 0) is 13.8 Å². The molecule has 3 rings (SSSR count). The molecule has 0 aromatic carbocycles. The minimum Gasteiger partial charge on any atom is -0.388 e. The molecule has 1 aliphatic rings. The predicted octanol–water partition coefficient (Wildman–Crippen LogP) is 1.32. The Morgan fingerprint density at radius 2 is 2.31 bits per heavy atom. The van der Waals surface area contributed by atoms with E-state index in [2.05, 4.69) is 26.8 Å². The maximum absolute atomic E-state index is 12.9. The first-order valence-corrected chi connectivity index (χ1v) is 8.15. The van der Waals surface area contributed by atoms with Crippen molar-refractivity contribution in [2.75, 3.05) is 11.9 Å². The van der Waals surface area contributed by atoms with Crippen molar-refractivity contribution in [3.05, 3.63) is 25.1 Å². The number of nitrogens with one attached hydrogen (secondary N) is 1. The Kier molecular flexibility index (Phi) is 5.25. The quantitative estimate of drug-likeness (QED) is 0.743. The van der Waals surface area contributed by atoms with Crippen LogP contribution in [0.1, 0.15) is 26.5 Å². The number of hydrogen-bond donors (Lipinski definition) is 2. The standard InChI is InChI=1S/C16H20FN5O4/c1-8(2)25-5-10-4-11(23)16(26-10)22-7-20-12-13(18-6-19-14(12)22)21-15(24)9(3)17/h6-8,10-11,16,23H,3-5H2,1-2H3,(H,18,19,21,24)/t10-,11-,16-/m1/s1. The minimum atomic E-state index is -1.14. The lowest BCUT2D eigenvalue weighted by Gasteiger charge is -2.17. The van der Waals surface area contributed by atoms with Gasteiger partial charge in [0.15, 0.2) is 29.0 Å². The molecule has 9 nitrogen and oxygen atoms in total. The molecule has 1 saturated heterocycles. The number of nitrogens with zero attached hydrogens (tertiary/aromatic N) is 4. The van der Waals surface area contributed by atoms with Gasteiger partial charge in [0, 0.05) is 6.42 Å². The molecular formula is C16H20FN5O4. The van der Waals surface area contributed by atoms with Crippen LogP contribution in [0.5, 0.6) is 0 Å². The van der Waals surface area contributed by atoms with Crippen LogP contribution in [0.2, 0.25) is 0 Å². The van der Waals surface area contributed by atoms with Crippen LogP contribution in [0.25, 0.3) is 11.2 Å². The number of fused-ring (bicyclic) bond motifs is 1. The third-order valence-corrected chi connectivity index (χ3v) is 3.89. The van der Waals surface area contributed by atoms with E-state index >= 15 is 0 Å². The second kappa shape index (κ2) is 7.44. The monoisotopic (exact) mass is 365 g/mol. The van der Waals surface area contributed by atoms with Crippen LogP contribution in [0, 0.1) is 0 Å². The molecule has 0 radical (unpaired) electrons. The molecule has 1 amide bonds. The van der Waals surface area contributed by atoms with Crippen molar-refractivity contribution in [2.45, 2.75) is 44.8 Å². The van der Waals surface area contributed by atoms with E-state index in [-0.39, 0.29) is 23.5 Å². The average molecular weight is 365 g/mol. The van der Waals surface area contributed by atoms with Gasteiger partial charge in [0.25, 0.3) is 5.91 Å². The molecule has 0 bridgehead atoms. The Labute approximate surface area is 148 Å². The van der Waals surface area contributed by atoms with Crippen molar-refractivity contribution in [2.24, 2.45) is 0 Å². The highest BCUT2D eigenvalue weighted by Crippen LogP contribution is 2.32. The molecule has 1 fully saturated rings. The molecule has 26 heavy (non-hydrogen) atoms. The summed E-state index contributed by atoms with van der Waals surface area (Å²) in [6, 6.07) is 0. The summed E-state index contributed by atoms with van der Waals surface area (Å²) in [7, 11) is 0. The number of imidazole rings is 1. The number of amides is 1. The summed E-state index contributed by atoms with van der Waals surface area (Å²) in [4.78, 5) is 23.7. The predicted molar refractivity (Wildman–Crippen MR) is 89.8 cm³/mol. The summed E-state index contributed by atoms with van der Waals surface area (Å²) in [5, 5.41) is 12.6. The first-order valence-electron chi connectivity index (χ1n) is 8.15. The molecule has 2 aromatic heterocycles. The van der Waals surface area contributed by atoms with Gasteiger partial charge in [-0.25, -0.2) is 19.3 Å². The molecule has 1 aliphatic heterocycles. The summed E-state index contributed by atoms with van der Waals surface area (Å²) in [6.07, 6.45) is 1.38. The highest BCUT2D eigenvalue weighted by atomic mass is 19.1. The fourth-order valence-corrected chi connectivity index (χ4v) is 2.69. The number of halogens is 1. The van der Waals surface area contributed by atoms with Crippen molar-refractivity contribution in [3.8, 4) is 0 Å². The van der Waals surface area contributed by atoms with E-state index in [1.807, 2.05) is 13.8 Å². The Balaban J connectivity index is 1.83. The van der Waals surface area contributed by atoms with Gasteiger partial charge in [0.2, 0.25) is 0 Å². The highest BCUT2D eigenvalue weighted by molar-refractivity contribution is 6.04. The highest BCUT2D eigenvalue weighted by Gasteiger charge is 2.36. The SMILES string of the molecule is C=C(F)C(=O)Nc1ncnc2c1ncn2[C@@H]1O[C@@H](COC(C)C)C[C@H]1O. The molecule has 0 spiro atoms. The third kappa shape index (κ3) is 3.71. The van der Waals surface area contributed by atoms with Gasteiger partial charge >= 0.3 is 0 Å². The van der Waals surface area contributed by atoms with Crippen LogP contribution in [-0.4, -0.2) is 55.5 Å². The number of aliphatic hydroxyl groups excluding tert-OH is 1. The Morgan fingerprint density at radius 3 is 3.00 bits per heavy atom. The van der Waals surface area contributed by atoms with Gasteiger partial charge in [-0.2, -0.15) is 0 Å². The maximum atomic E-state index is 12.9. The lowest BCUT2D eigenvalue weighted by molar-refractivity contribution is -0.114. The van der Waals surface area contributed by atoms with Gasteiger partial charge < -0.3 is 19.9 Å². The average Bonchev–Trinajstić information content (AvgIpc) is 3.16. The number of rotatable bonds is 6. The van der Waals surface area contributed by atoms with Crippen molar-refractivity contribution in [1.82, 2.24) is 19.5 Å². The zero-order valence-corrected chi connectivity index (χ0v) is 14.4. The van der Waals surface area contributed by atoms with Crippen LogP contribution in [0.4, 0.5) is 10.2 Å². The molecule has 0 aliphatic carbocycles. The summed E-state index contributed by atoms with van der Waals surface area (Å²) < 4.78 is 25.9. The summed E-state index contributed by atoms with van der Waals surface area (Å²) >= 11 is 0. The Bertz CT molecular complexity index is 824. The molecule has 3 heterocycles. The van der Waals surface area contributed by atoms with Crippen LogP contribution < -0.4 is 5.32 Å². The topological polar surface area (TPSA) is 111 Å². The number of ether oxygens (including phenoxy) is 2. The van der Waals surface area contributed by atoms with Crippen molar-refractivity contribution in [1.29, 1.82) is 0 Å². The van der Waals surface area contributed by atoms with Crippen LogP contribution in [0.3, 0.4) is 0 Å². The van der Waals surface area contributed by atoms with Gasteiger partial charge in [-0.1, -0.05) is 6.58 Å². The largest absolute Gasteiger partial charge is 0.388 e. The Morgan fingerprint density at radius 1 is 1.54 bits per heavy atom. The lowest BCUT2D eigenvalue weighted by Crippen LogP contribution is -2.20. The second-order valence-corrected chi connectivity index (χ2v) is 6.24. The van der Waals surface area contributed by atoms with Gasteiger partial charge in [-0.15, -0.1) is 0 Å². The summed E-state index contributed by atoms with van der Waals surface area (Å²) in [5.41, 5.74) is 0.592. The normalized spacial score (nSPS) is 22.9. The van der Waals surface area contributed by atoms with E-state index in [0.717, 1.165) is 0 Å². The van der Waals surface area contributed by atoms with Gasteiger partial charge in [0.1, 0.15) is 12.4 Å². The van der Waals surface area contributed by atoms with Crippen molar-refractivity contribution < 1.29 is 23.8 Å².